The average Bonchev–Trinajstić information content (AvgIpc) is 2.66. The van der Waals surface area contributed by atoms with Crippen LogP contribution in [0.5, 0.6) is 0 Å². The van der Waals surface area contributed by atoms with Crippen LogP contribution in [-0.4, -0.2) is 31.3 Å². The molecule has 1 heterocycles. The van der Waals surface area contributed by atoms with Gasteiger partial charge in [0, 0.05) is 32.0 Å². The fraction of sp³-hybridized carbons (Fsp3) is 0.700. The first-order valence-electron chi connectivity index (χ1n) is 5.13. The van der Waals surface area contributed by atoms with E-state index in [0.717, 1.165) is 30.2 Å². The third-order valence-corrected chi connectivity index (χ3v) is 3.06. The molecule has 5 heteroatoms. The summed E-state index contributed by atoms with van der Waals surface area (Å²) in [7, 11) is 1.72. The summed E-state index contributed by atoms with van der Waals surface area (Å²) < 4.78 is 5.14. The number of methoxy groups -OCH3 is 1. The molecule has 1 aromatic rings. The minimum atomic E-state index is 0.243. The molecule has 86 valence electrons. The van der Waals surface area contributed by atoms with E-state index in [-0.39, 0.29) is 6.10 Å². The van der Waals surface area contributed by atoms with Gasteiger partial charge in [0.1, 0.15) is 0 Å². The number of hydrogen-bond donors (Lipinski definition) is 2. The molecule has 0 radical (unpaired) electrons. The number of nitrogens with zero attached hydrogens (tertiary/aromatic N) is 1. The van der Waals surface area contributed by atoms with Crippen LogP contribution in [0.4, 0.5) is 0 Å². The van der Waals surface area contributed by atoms with E-state index < -0.39 is 0 Å². The molecular weight excluding hydrogens is 210 g/mol. The smallest absolute Gasteiger partial charge is 0.0941 e. The van der Waals surface area contributed by atoms with Crippen molar-refractivity contribution in [3.05, 3.63) is 16.1 Å². The largest absolute Gasteiger partial charge is 0.380 e. The molecular formula is C10H19N3OS. The number of nitrogens with two attached hydrogens (primary N) is 1. The summed E-state index contributed by atoms with van der Waals surface area (Å²) in [6, 6.07) is 0. The van der Waals surface area contributed by atoms with E-state index in [1.54, 1.807) is 18.4 Å². The van der Waals surface area contributed by atoms with Gasteiger partial charge < -0.3 is 15.8 Å². The van der Waals surface area contributed by atoms with E-state index >= 15 is 0 Å². The number of rotatable bonds is 7. The summed E-state index contributed by atoms with van der Waals surface area (Å²) >= 11 is 1.68. The molecule has 0 aliphatic carbocycles. The lowest BCUT2D eigenvalue weighted by atomic mass is 10.4. The van der Waals surface area contributed by atoms with Crippen LogP contribution < -0.4 is 11.1 Å². The van der Waals surface area contributed by atoms with Crippen LogP contribution >= 0.6 is 11.3 Å². The Hall–Kier alpha value is -0.490. The third-order valence-electron chi connectivity index (χ3n) is 2.10. The van der Waals surface area contributed by atoms with Crippen LogP contribution in [0.2, 0.25) is 0 Å². The van der Waals surface area contributed by atoms with Gasteiger partial charge in [0.2, 0.25) is 0 Å². The Labute approximate surface area is 94.8 Å². The molecule has 0 aliphatic rings. The van der Waals surface area contributed by atoms with Crippen molar-refractivity contribution in [2.75, 3.05) is 20.2 Å². The van der Waals surface area contributed by atoms with Crippen molar-refractivity contribution >= 4 is 11.3 Å². The first-order chi connectivity index (χ1) is 7.26. The molecule has 1 aromatic heterocycles. The van der Waals surface area contributed by atoms with E-state index in [1.807, 2.05) is 6.92 Å². The third kappa shape index (κ3) is 4.70. The molecule has 0 bridgehead atoms. The average molecular weight is 229 g/mol. The zero-order valence-electron chi connectivity index (χ0n) is 9.32. The van der Waals surface area contributed by atoms with Gasteiger partial charge in [-0.3, -0.25) is 0 Å². The summed E-state index contributed by atoms with van der Waals surface area (Å²) in [6.45, 7) is 4.35. The van der Waals surface area contributed by atoms with Crippen LogP contribution in [0.1, 0.15) is 17.6 Å². The zero-order valence-corrected chi connectivity index (χ0v) is 10.1. The fourth-order valence-corrected chi connectivity index (χ4v) is 1.97. The lowest BCUT2D eigenvalue weighted by molar-refractivity contribution is 0.117. The van der Waals surface area contributed by atoms with Crippen LogP contribution in [0, 0.1) is 0 Å². The Morgan fingerprint density at radius 3 is 3.13 bits per heavy atom. The van der Waals surface area contributed by atoms with Gasteiger partial charge in [-0.05, 0) is 13.5 Å². The van der Waals surface area contributed by atoms with Gasteiger partial charge in [-0.2, -0.15) is 0 Å². The number of ether oxygens (including phenoxy) is 1. The van der Waals surface area contributed by atoms with Crippen molar-refractivity contribution in [2.45, 2.75) is 26.0 Å². The van der Waals surface area contributed by atoms with Gasteiger partial charge in [-0.1, -0.05) is 0 Å². The lowest BCUT2D eigenvalue weighted by Crippen LogP contribution is -2.25. The van der Waals surface area contributed by atoms with E-state index in [1.165, 1.54) is 0 Å². The quantitative estimate of drug-likeness (QED) is 0.725. The highest BCUT2D eigenvalue weighted by Gasteiger charge is 2.02. The summed E-state index contributed by atoms with van der Waals surface area (Å²) in [5.41, 5.74) is 6.55. The van der Waals surface area contributed by atoms with Gasteiger partial charge in [0.05, 0.1) is 16.8 Å². The molecule has 0 spiro atoms. The van der Waals surface area contributed by atoms with Crippen molar-refractivity contribution < 1.29 is 4.74 Å². The predicted molar refractivity (Wildman–Crippen MR) is 63.1 cm³/mol. The van der Waals surface area contributed by atoms with Crippen molar-refractivity contribution in [1.82, 2.24) is 10.3 Å². The molecule has 0 aromatic carbocycles. The Morgan fingerprint density at radius 2 is 2.47 bits per heavy atom. The minimum Gasteiger partial charge on any atom is -0.380 e. The second-order valence-electron chi connectivity index (χ2n) is 3.45. The second kappa shape index (κ2) is 6.90. The highest BCUT2D eigenvalue weighted by molar-refractivity contribution is 7.09. The fourth-order valence-electron chi connectivity index (χ4n) is 1.16. The molecule has 0 saturated carbocycles. The summed E-state index contributed by atoms with van der Waals surface area (Å²) in [5, 5.41) is 6.49. The molecule has 0 aliphatic heterocycles. The van der Waals surface area contributed by atoms with Crippen LogP contribution in [0.15, 0.2) is 5.38 Å². The van der Waals surface area contributed by atoms with Gasteiger partial charge in [-0.25, -0.2) is 4.98 Å². The van der Waals surface area contributed by atoms with E-state index in [0.29, 0.717) is 6.54 Å². The molecule has 0 fully saturated rings. The minimum absolute atomic E-state index is 0.243. The highest BCUT2D eigenvalue weighted by Crippen LogP contribution is 2.09. The van der Waals surface area contributed by atoms with Gasteiger partial charge in [0.15, 0.2) is 0 Å². The molecule has 0 amide bonds. The molecule has 4 nitrogen and oxygen atoms in total. The number of nitrogens with one attached hydrogen (secondary N) is 1. The summed E-state index contributed by atoms with van der Waals surface area (Å²) in [5.74, 6) is 0. The highest BCUT2D eigenvalue weighted by atomic mass is 32.1. The van der Waals surface area contributed by atoms with E-state index in [2.05, 4.69) is 15.7 Å². The van der Waals surface area contributed by atoms with Gasteiger partial charge in [-0.15, -0.1) is 11.3 Å². The maximum Gasteiger partial charge on any atom is 0.0941 e. The summed E-state index contributed by atoms with van der Waals surface area (Å²) in [4.78, 5) is 4.46. The lowest BCUT2D eigenvalue weighted by Gasteiger charge is -2.09. The van der Waals surface area contributed by atoms with Crippen molar-refractivity contribution in [3.8, 4) is 0 Å². The van der Waals surface area contributed by atoms with Crippen molar-refractivity contribution in [3.63, 3.8) is 0 Å². The van der Waals surface area contributed by atoms with E-state index in [9.17, 15) is 0 Å². The SMILES string of the molecule is COC(C)CNCc1csc(CCN)n1. The first kappa shape index (κ1) is 12.6. The maximum atomic E-state index is 5.46. The number of thiazole rings is 1. The van der Waals surface area contributed by atoms with Crippen molar-refractivity contribution in [2.24, 2.45) is 5.73 Å². The van der Waals surface area contributed by atoms with Gasteiger partial charge >= 0.3 is 0 Å². The molecule has 1 rings (SSSR count). The zero-order chi connectivity index (χ0) is 11.1. The number of hydrogen-bond acceptors (Lipinski definition) is 5. The molecule has 1 atom stereocenters. The number of aromatic nitrogens is 1. The Kier molecular flexibility index (Phi) is 5.78. The molecule has 3 N–H and O–H groups in total. The molecule has 15 heavy (non-hydrogen) atoms. The van der Waals surface area contributed by atoms with Crippen molar-refractivity contribution in [1.29, 1.82) is 0 Å². The normalized spacial score (nSPS) is 13.0. The molecule has 1 unspecified atom stereocenters. The topological polar surface area (TPSA) is 60.2 Å². The first-order valence-corrected chi connectivity index (χ1v) is 6.01. The van der Waals surface area contributed by atoms with E-state index in [4.69, 9.17) is 10.5 Å². The molecule has 0 saturated heterocycles. The Bertz CT molecular complexity index is 277. The summed E-state index contributed by atoms with van der Waals surface area (Å²) in [6.07, 6.45) is 1.12. The monoisotopic (exact) mass is 229 g/mol. The Morgan fingerprint density at radius 1 is 1.67 bits per heavy atom. The van der Waals surface area contributed by atoms with Crippen LogP contribution in [0.25, 0.3) is 0 Å². The second-order valence-corrected chi connectivity index (χ2v) is 4.39. The standard InChI is InChI=1S/C10H19N3OS/c1-8(14-2)5-12-6-9-7-15-10(13-9)3-4-11/h7-8,12H,3-6,11H2,1-2H3. The van der Waals surface area contributed by atoms with Crippen LogP contribution in [0.3, 0.4) is 0 Å². The predicted octanol–water partition coefficient (Wildman–Crippen LogP) is 0.769. The Balaban J connectivity index is 2.25. The van der Waals surface area contributed by atoms with Crippen LogP contribution in [-0.2, 0) is 17.7 Å². The van der Waals surface area contributed by atoms with Gasteiger partial charge in [0.25, 0.3) is 0 Å². The maximum absolute atomic E-state index is 5.46.